The number of hydrogen-bond acceptors (Lipinski definition) is 5. The van der Waals surface area contributed by atoms with Crippen LogP contribution in [0.15, 0.2) is 28.8 Å². The Kier molecular flexibility index (Phi) is 4.98. The summed E-state index contributed by atoms with van der Waals surface area (Å²) in [6.07, 6.45) is 2.28. The highest BCUT2D eigenvalue weighted by molar-refractivity contribution is 5.85. The lowest BCUT2D eigenvalue weighted by molar-refractivity contribution is 0.392. The smallest absolute Gasteiger partial charge is 0.258 e. The number of piperidine rings is 1. The van der Waals surface area contributed by atoms with E-state index in [1.54, 1.807) is 7.11 Å². The number of benzene rings is 1. The lowest BCUT2D eigenvalue weighted by Gasteiger charge is -2.19. The van der Waals surface area contributed by atoms with Gasteiger partial charge in [0.1, 0.15) is 5.75 Å². The van der Waals surface area contributed by atoms with E-state index in [-0.39, 0.29) is 12.4 Å². The SMILES string of the molecule is COc1cccc(-c2nc(C3CCCNC3)no2)c1.Cl. The zero-order chi connectivity index (χ0) is 13.1. The van der Waals surface area contributed by atoms with Crippen molar-refractivity contribution in [3.05, 3.63) is 30.1 Å². The van der Waals surface area contributed by atoms with Gasteiger partial charge in [0.2, 0.25) is 0 Å². The van der Waals surface area contributed by atoms with Gasteiger partial charge in [-0.05, 0) is 37.6 Å². The van der Waals surface area contributed by atoms with Crippen molar-refractivity contribution < 1.29 is 9.26 Å². The van der Waals surface area contributed by atoms with Gasteiger partial charge in [-0.2, -0.15) is 4.98 Å². The molecule has 0 bridgehead atoms. The highest BCUT2D eigenvalue weighted by Crippen LogP contribution is 2.26. The average molecular weight is 296 g/mol. The normalized spacial score (nSPS) is 18.4. The molecule has 1 aromatic heterocycles. The van der Waals surface area contributed by atoms with E-state index in [0.717, 1.165) is 43.1 Å². The quantitative estimate of drug-likeness (QED) is 0.943. The Bertz CT molecular complexity index is 553. The predicted octanol–water partition coefficient (Wildman–Crippen LogP) is 2.63. The minimum absolute atomic E-state index is 0. The number of aromatic nitrogens is 2. The molecule has 0 spiro atoms. The van der Waals surface area contributed by atoms with Gasteiger partial charge in [0.15, 0.2) is 5.82 Å². The topological polar surface area (TPSA) is 60.2 Å². The molecule has 0 radical (unpaired) electrons. The second-order valence-corrected chi connectivity index (χ2v) is 4.73. The molecule has 2 aromatic rings. The summed E-state index contributed by atoms with van der Waals surface area (Å²) in [6, 6.07) is 7.65. The molecule has 1 saturated heterocycles. The van der Waals surface area contributed by atoms with Gasteiger partial charge in [-0.1, -0.05) is 11.2 Å². The van der Waals surface area contributed by atoms with Crippen molar-refractivity contribution in [2.45, 2.75) is 18.8 Å². The summed E-state index contributed by atoms with van der Waals surface area (Å²) < 4.78 is 10.6. The lowest BCUT2D eigenvalue weighted by atomic mass is 9.99. The molecule has 108 valence electrons. The zero-order valence-corrected chi connectivity index (χ0v) is 12.2. The van der Waals surface area contributed by atoms with E-state index >= 15 is 0 Å². The summed E-state index contributed by atoms with van der Waals surface area (Å²) in [6.45, 7) is 2.01. The molecule has 2 heterocycles. The second-order valence-electron chi connectivity index (χ2n) is 4.73. The molecule has 1 aromatic carbocycles. The number of hydrogen-bond donors (Lipinski definition) is 1. The monoisotopic (exact) mass is 295 g/mol. The van der Waals surface area contributed by atoms with E-state index in [4.69, 9.17) is 9.26 Å². The molecule has 0 saturated carbocycles. The van der Waals surface area contributed by atoms with Gasteiger partial charge in [0.25, 0.3) is 5.89 Å². The van der Waals surface area contributed by atoms with E-state index in [1.165, 1.54) is 0 Å². The molecule has 1 aliphatic heterocycles. The fourth-order valence-electron chi connectivity index (χ4n) is 2.35. The Balaban J connectivity index is 0.00000147. The number of nitrogens with zero attached hydrogens (tertiary/aromatic N) is 2. The lowest BCUT2D eigenvalue weighted by Crippen LogP contribution is -2.28. The van der Waals surface area contributed by atoms with Crippen LogP contribution in [0.2, 0.25) is 0 Å². The molecule has 1 N–H and O–H groups in total. The van der Waals surface area contributed by atoms with Gasteiger partial charge in [-0.25, -0.2) is 0 Å². The van der Waals surface area contributed by atoms with Crippen molar-refractivity contribution in [1.82, 2.24) is 15.5 Å². The molecule has 1 unspecified atom stereocenters. The average Bonchev–Trinajstić information content (AvgIpc) is 2.98. The molecular formula is C14H18ClN3O2. The summed E-state index contributed by atoms with van der Waals surface area (Å²) in [4.78, 5) is 4.51. The van der Waals surface area contributed by atoms with E-state index in [1.807, 2.05) is 24.3 Å². The van der Waals surface area contributed by atoms with Gasteiger partial charge >= 0.3 is 0 Å². The van der Waals surface area contributed by atoms with E-state index < -0.39 is 0 Å². The van der Waals surface area contributed by atoms with Crippen LogP contribution in [0.5, 0.6) is 5.75 Å². The second kappa shape index (κ2) is 6.72. The van der Waals surface area contributed by atoms with Crippen LogP contribution in [-0.2, 0) is 0 Å². The molecule has 20 heavy (non-hydrogen) atoms. The van der Waals surface area contributed by atoms with Crippen LogP contribution >= 0.6 is 12.4 Å². The Morgan fingerprint density at radius 3 is 3.05 bits per heavy atom. The molecule has 3 rings (SSSR count). The fourth-order valence-corrected chi connectivity index (χ4v) is 2.35. The Labute approximate surface area is 124 Å². The Morgan fingerprint density at radius 2 is 2.30 bits per heavy atom. The third-order valence-electron chi connectivity index (χ3n) is 3.42. The van der Waals surface area contributed by atoms with Crippen molar-refractivity contribution in [2.75, 3.05) is 20.2 Å². The highest BCUT2D eigenvalue weighted by atomic mass is 35.5. The van der Waals surface area contributed by atoms with Gasteiger partial charge < -0.3 is 14.6 Å². The van der Waals surface area contributed by atoms with Crippen LogP contribution in [0.3, 0.4) is 0 Å². The van der Waals surface area contributed by atoms with Gasteiger partial charge in [-0.15, -0.1) is 12.4 Å². The summed E-state index contributed by atoms with van der Waals surface area (Å²) in [5.74, 6) is 2.50. The third-order valence-corrected chi connectivity index (χ3v) is 3.42. The maximum atomic E-state index is 5.36. The van der Waals surface area contributed by atoms with E-state index in [9.17, 15) is 0 Å². The predicted molar refractivity (Wildman–Crippen MR) is 78.4 cm³/mol. The molecule has 0 amide bonds. The van der Waals surface area contributed by atoms with Crippen molar-refractivity contribution in [3.63, 3.8) is 0 Å². The first kappa shape index (κ1) is 14.8. The van der Waals surface area contributed by atoms with Crippen molar-refractivity contribution in [2.24, 2.45) is 0 Å². The molecule has 1 aliphatic rings. The van der Waals surface area contributed by atoms with Gasteiger partial charge in [0.05, 0.1) is 7.11 Å². The maximum Gasteiger partial charge on any atom is 0.258 e. The summed E-state index contributed by atoms with van der Waals surface area (Å²) >= 11 is 0. The molecule has 6 heteroatoms. The molecule has 1 fully saturated rings. The number of rotatable bonds is 3. The van der Waals surface area contributed by atoms with Crippen LogP contribution in [0.4, 0.5) is 0 Å². The van der Waals surface area contributed by atoms with E-state index in [0.29, 0.717) is 11.8 Å². The van der Waals surface area contributed by atoms with Crippen molar-refractivity contribution in [3.8, 4) is 17.2 Å². The van der Waals surface area contributed by atoms with E-state index in [2.05, 4.69) is 15.5 Å². The van der Waals surface area contributed by atoms with Crippen LogP contribution in [0, 0.1) is 0 Å². The molecular weight excluding hydrogens is 278 g/mol. The van der Waals surface area contributed by atoms with Gasteiger partial charge in [0, 0.05) is 18.0 Å². The largest absolute Gasteiger partial charge is 0.497 e. The maximum absolute atomic E-state index is 5.36. The van der Waals surface area contributed by atoms with Gasteiger partial charge in [-0.3, -0.25) is 0 Å². The Morgan fingerprint density at radius 1 is 1.40 bits per heavy atom. The summed E-state index contributed by atoms with van der Waals surface area (Å²) in [5, 5.41) is 7.46. The number of halogens is 1. The molecule has 1 atom stereocenters. The number of ether oxygens (including phenoxy) is 1. The zero-order valence-electron chi connectivity index (χ0n) is 11.3. The molecule has 5 nitrogen and oxygen atoms in total. The van der Waals surface area contributed by atoms with Crippen LogP contribution < -0.4 is 10.1 Å². The highest BCUT2D eigenvalue weighted by Gasteiger charge is 2.21. The minimum Gasteiger partial charge on any atom is -0.497 e. The van der Waals surface area contributed by atoms with Crippen molar-refractivity contribution in [1.29, 1.82) is 0 Å². The van der Waals surface area contributed by atoms with Crippen molar-refractivity contribution >= 4 is 12.4 Å². The number of methoxy groups -OCH3 is 1. The third kappa shape index (κ3) is 3.11. The first-order valence-electron chi connectivity index (χ1n) is 6.55. The summed E-state index contributed by atoms with van der Waals surface area (Å²) in [7, 11) is 1.64. The first-order chi connectivity index (χ1) is 9.36. The summed E-state index contributed by atoms with van der Waals surface area (Å²) in [5.41, 5.74) is 0.891. The first-order valence-corrected chi connectivity index (χ1v) is 6.55. The van der Waals surface area contributed by atoms with Crippen LogP contribution in [-0.4, -0.2) is 30.3 Å². The van der Waals surface area contributed by atoms with Crippen LogP contribution in [0.25, 0.3) is 11.5 Å². The fraction of sp³-hybridized carbons (Fsp3) is 0.429. The van der Waals surface area contributed by atoms with Crippen LogP contribution in [0.1, 0.15) is 24.6 Å². The number of nitrogens with one attached hydrogen (secondary N) is 1. The Hall–Kier alpha value is -1.59. The minimum atomic E-state index is 0. The standard InChI is InChI=1S/C14H17N3O2.ClH/c1-18-12-6-2-4-10(8-12)14-16-13(17-19-14)11-5-3-7-15-9-11;/h2,4,6,8,11,15H,3,5,7,9H2,1H3;1H. The molecule has 0 aliphatic carbocycles.